The highest BCUT2D eigenvalue weighted by molar-refractivity contribution is 6.07. The van der Waals surface area contributed by atoms with Gasteiger partial charge in [0.05, 0.1) is 13.7 Å². The van der Waals surface area contributed by atoms with Gasteiger partial charge in [-0.3, -0.25) is 9.69 Å². The van der Waals surface area contributed by atoms with E-state index in [0.29, 0.717) is 12.2 Å². The van der Waals surface area contributed by atoms with Crippen LogP contribution in [0.2, 0.25) is 0 Å². The fraction of sp³-hybridized carbons (Fsp3) is 0.217. The Hall–Kier alpha value is -3.34. The van der Waals surface area contributed by atoms with Gasteiger partial charge in [0.25, 0.3) is 5.91 Å². The highest BCUT2D eigenvalue weighted by atomic mass is 16.5. The monoisotopic (exact) mass is 374 g/mol. The summed E-state index contributed by atoms with van der Waals surface area (Å²) in [6.45, 7) is 2.01. The van der Waals surface area contributed by atoms with Crippen LogP contribution in [0.5, 0.6) is 5.75 Å². The number of nitrogens with zero attached hydrogens (tertiary/aromatic N) is 1. The molecular formula is C23H22N2O3. The number of para-hydroxylation sites is 1. The van der Waals surface area contributed by atoms with E-state index in [9.17, 15) is 9.59 Å². The summed E-state index contributed by atoms with van der Waals surface area (Å²) in [5.74, 6) is 0.481. The third kappa shape index (κ3) is 3.09. The number of hydrogen-bond donors (Lipinski definition) is 1. The highest BCUT2D eigenvalue weighted by Gasteiger charge is 2.48. The van der Waals surface area contributed by atoms with Gasteiger partial charge >= 0.3 is 6.03 Å². The third-order valence-corrected chi connectivity index (χ3v) is 5.29. The van der Waals surface area contributed by atoms with Gasteiger partial charge in [-0.25, -0.2) is 4.79 Å². The molecule has 0 bridgehead atoms. The molecule has 0 spiro atoms. The zero-order chi connectivity index (χ0) is 19.7. The van der Waals surface area contributed by atoms with Crippen LogP contribution in [0.25, 0.3) is 10.8 Å². The van der Waals surface area contributed by atoms with Crippen molar-refractivity contribution in [2.75, 3.05) is 7.11 Å². The molecule has 5 heteroatoms. The van der Waals surface area contributed by atoms with Crippen LogP contribution in [0.4, 0.5) is 4.79 Å². The lowest BCUT2D eigenvalue weighted by atomic mass is 9.92. The Morgan fingerprint density at radius 2 is 1.61 bits per heavy atom. The van der Waals surface area contributed by atoms with Crippen molar-refractivity contribution in [3.8, 4) is 5.75 Å². The second-order valence-corrected chi connectivity index (χ2v) is 7.28. The number of fused-ring (bicyclic) bond motifs is 1. The van der Waals surface area contributed by atoms with Crippen molar-refractivity contribution < 1.29 is 14.3 Å². The average Bonchev–Trinajstić information content (AvgIpc) is 2.91. The first-order valence-corrected chi connectivity index (χ1v) is 9.24. The summed E-state index contributed by atoms with van der Waals surface area (Å²) < 4.78 is 5.40. The van der Waals surface area contributed by atoms with Crippen molar-refractivity contribution in [3.05, 3.63) is 77.9 Å². The van der Waals surface area contributed by atoms with Crippen LogP contribution in [0.15, 0.2) is 66.7 Å². The van der Waals surface area contributed by atoms with E-state index >= 15 is 0 Å². The zero-order valence-electron chi connectivity index (χ0n) is 15.9. The SMILES string of the molecule is COc1ccccc1C[C@]1(C)NC(=O)N(Cc2cccc3ccccc23)C1=O. The Morgan fingerprint density at radius 1 is 0.929 bits per heavy atom. The van der Waals surface area contributed by atoms with E-state index in [1.807, 2.05) is 66.7 Å². The fourth-order valence-electron chi connectivity index (χ4n) is 3.84. The van der Waals surface area contributed by atoms with Crippen LogP contribution in [0.3, 0.4) is 0 Å². The molecule has 1 N–H and O–H groups in total. The maximum atomic E-state index is 13.2. The number of benzene rings is 3. The lowest BCUT2D eigenvalue weighted by molar-refractivity contribution is -0.131. The van der Waals surface area contributed by atoms with E-state index in [4.69, 9.17) is 4.74 Å². The molecule has 142 valence electrons. The van der Waals surface area contributed by atoms with Gasteiger partial charge in [-0.05, 0) is 34.9 Å². The van der Waals surface area contributed by atoms with Gasteiger partial charge in [0, 0.05) is 6.42 Å². The number of carbonyl (C=O) groups excluding carboxylic acids is 2. The number of amides is 3. The van der Waals surface area contributed by atoms with Crippen molar-refractivity contribution in [3.63, 3.8) is 0 Å². The fourth-order valence-corrected chi connectivity index (χ4v) is 3.84. The van der Waals surface area contributed by atoms with Crippen LogP contribution in [-0.2, 0) is 17.8 Å². The van der Waals surface area contributed by atoms with Gasteiger partial charge in [0.15, 0.2) is 0 Å². The summed E-state index contributed by atoms with van der Waals surface area (Å²) in [6.07, 6.45) is 0.369. The minimum atomic E-state index is -1.00. The standard InChI is InChI=1S/C23H22N2O3/c1-23(14-17-9-4-6-13-20(17)28-2)21(26)25(22(27)24-23)15-18-11-7-10-16-8-3-5-12-19(16)18/h3-13H,14-15H2,1-2H3,(H,24,27)/t23-/m0/s1. The number of ether oxygens (including phenoxy) is 1. The maximum Gasteiger partial charge on any atom is 0.325 e. The summed E-state index contributed by atoms with van der Waals surface area (Å²) >= 11 is 0. The topological polar surface area (TPSA) is 58.6 Å². The van der Waals surface area contributed by atoms with Crippen LogP contribution in [0.1, 0.15) is 18.1 Å². The van der Waals surface area contributed by atoms with Crippen molar-refractivity contribution in [1.29, 1.82) is 0 Å². The molecule has 5 nitrogen and oxygen atoms in total. The Bertz CT molecular complexity index is 1060. The molecule has 3 amide bonds. The second kappa shape index (κ2) is 7.00. The molecule has 0 aliphatic carbocycles. The van der Waals surface area contributed by atoms with Gasteiger partial charge in [-0.15, -0.1) is 0 Å². The predicted molar refractivity (Wildman–Crippen MR) is 108 cm³/mol. The first-order chi connectivity index (χ1) is 13.5. The van der Waals surface area contributed by atoms with Crippen LogP contribution in [-0.4, -0.2) is 29.5 Å². The number of carbonyl (C=O) groups is 2. The quantitative estimate of drug-likeness (QED) is 0.689. The number of methoxy groups -OCH3 is 1. The molecule has 1 fully saturated rings. The summed E-state index contributed by atoms with van der Waals surface area (Å²) in [6, 6.07) is 21.1. The molecule has 3 aromatic rings. The smallest absolute Gasteiger partial charge is 0.325 e. The van der Waals surface area contributed by atoms with Crippen LogP contribution < -0.4 is 10.1 Å². The summed E-state index contributed by atoms with van der Waals surface area (Å²) in [5, 5.41) is 5.01. The molecule has 4 rings (SSSR count). The van der Waals surface area contributed by atoms with Gasteiger partial charge in [-0.2, -0.15) is 0 Å². The van der Waals surface area contributed by atoms with Crippen molar-refractivity contribution >= 4 is 22.7 Å². The highest BCUT2D eigenvalue weighted by Crippen LogP contribution is 2.29. The van der Waals surface area contributed by atoms with Gasteiger partial charge < -0.3 is 10.1 Å². The molecule has 0 aromatic heterocycles. The van der Waals surface area contributed by atoms with E-state index in [2.05, 4.69) is 5.32 Å². The molecule has 1 saturated heterocycles. The molecule has 0 saturated carbocycles. The maximum absolute atomic E-state index is 13.2. The number of imide groups is 1. The molecule has 1 atom stereocenters. The largest absolute Gasteiger partial charge is 0.496 e. The third-order valence-electron chi connectivity index (χ3n) is 5.29. The minimum absolute atomic E-state index is 0.226. The van der Waals surface area contributed by atoms with Crippen LogP contribution >= 0.6 is 0 Å². The lowest BCUT2D eigenvalue weighted by Crippen LogP contribution is -2.46. The van der Waals surface area contributed by atoms with Gasteiger partial charge in [-0.1, -0.05) is 60.7 Å². The zero-order valence-corrected chi connectivity index (χ0v) is 15.9. The van der Waals surface area contributed by atoms with Crippen molar-refractivity contribution in [1.82, 2.24) is 10.2 Å². The van der Waals surface area contributed by atoms with Gasteiger partial charge in [0.2, 0.25) is 0 Å². The van der Waals surface area contributed by atoms with E-state index in [-0.39, 0.29) is 18.5 Å². The summed E-state index contributed by atoms with van der Waals surface area (Å²) in [5.41, 5.74) is 0.826. The second-order valence-electron chi connectivity index (χ2n) is 7.28. The number of rotatable bonds is 5. The van der Waals surface area contributed by atoms with Gasteiger partial charge in [0.1, 0.15) is 11.3 Å². The molecular weight excluding hydrogens is 352 g/mol. The summed E-state index contributed by atoms with van der Waals surface area (Å²) in [7, 11) is 1.60. The first kappa shape index (κ1) is 18.0. The van der Waals surface area contributed by atoms with E-state index in [1.165, 1.54) is 4.90 Å². The normalized spacial score (nSPS) is 19.1. The predicted octanol–water partition coefficient (Wildman–Crippen LogP) is 3.90. The lowest BCUT2D eigenvalue weighted by Gasteiger charge is -2.23. The number of nitrogens with one attached hydrogen (secondary N) is 1. The minimum Gasteiger partial charge on any atom is -0.496 e. The van der Waals surface area contributed by atoms with Crippen molar-refractivity contribution in [2.45, 2.75) is 25.4 Å². The van der Waals surface area contributed by atoms with E-state index in [1.54, 1.807) is 14.0 Å². The first-order valence-electron chi connectivity index (χ1n) is 9.24. The Balaban J connectivity index is 1.62. The van der Waals surface area contributed by atoms with E-state index in [0.717, 1.165) is 21.9 Å². The molecule has 0 unspecified atom stereocenters. The number of urea groups is 1. The average molecular weight is 374 g/mol. The summed E-state index contributed by atoms with van der Waals surface area (Å²) in [4.78, 5) is 27.1. The Labute approximate surface area is 163 Å². The van der Waals surface area contributed by atoms with Crippen LogP contribution in [0, 0.1) is 0 Å². The van der Waals surface area contributed by atoms with Crippen molar-refractivity contribution in [2.24, 2.45) is 0 Å². The molecule has 28 heavy (non-hydrogen) atoms. The molecule has 1 aliphatic rings. The number of hydrogen-bond acceptors (Lipinski definition) is 3. The Kier molecular flexibility index (Phi) is 4.51. The Morgan fingerprint density at radius 3 is 2.43 bits per heavy atom. The molecule has 1 aliphatic heterocycles. The molecule has 3 aromatic carbocycles. The molecule has 0 radical (unpaired) electrons. The molecule has 1 heterocycles. The van der Waals surface area contributed by atoms with E-state index < -0.39 is 5.54 Å².